The number of hydrogen-bond acceptors (Lipinski definition) is 3. The third-order valence-corrected chi connectivity index (χ3v) is 3.37. The molecular formula is C16H16N2O2. The summed E-state index contributed by atoms with van der Waals surface area (Å²) in [7, 11) is 1.68. The van der Waals surface area contributed by atoms with E-state index in [9.17, 15) is 5.11 Å². The van der Waals surface area contributed by atoms with E-state index in [2.05, 4.69) is 5.10 Å². The number of methoxy groups -OCH3 is 1. The zero-order valence-corrected chi connectivity index (χ0v) is 11.3. The maximum atomic E-state index is 9.93. The van der Waals surface area contributed by atoms with E-state index in [0.717, 1.165) is 28.4 Å². The van der Waals surface area contributed by atoms with Crippen LogP contribution in [0.1, 0.15) is 0 Å². The number of fused-ring (bicyclic) bond motifs is 1. The van der Waals surface area contributed by atoms with Gasteiger partial charge in [-0.05, 0) is 23.1 Å². The molecule has 0 fully saturated rings. The van der Waals surface area contributed by atoms with Gasteiger partial charge in [0, 0.05) is 24.3 Å². The number of rotatable bonds is 4. The van der Waals surface area contributed by atoms with Crippen LogP contribution in [-0.4, -0.2) is 28.6 Å². The van der Waals surface area contributed by atoms with Crippen molar-refractivity contribution in [3.63, 3.8) is 0 Å². The maximum Gasteiger partial charge on any atom is 0.123 e. The molecule has 0 aliphatic rings. The smallest absolute Gasteiger partial charge is 0.123 e. The van der Waals surface area contributed by atoms with Crippen molar-refractivity contribution in [1.82, 2.24) is 9.78 Å². The van der Waals surface area contributed by atoms with Gasteiger partial charge in [-0.25, -0.2) is 0 Å². The molecule has 0 spiro atoms. The fraction of sp³-hybridized carbons (Fsp3) is 0.188. The standard InChI is InChI=1S/C16H16N2O2/c1-20-9-8-18-11-12(10-17-18)13-6-7-16(19)15-5-3-2-4-14(13)15/h2-7,10-11,19H,8-9H2,1H3. The van der Waals surface area contributed by atoms with Gasteiger partial charge in [0.2, 0.25) is 0 Å². The van der Waals surface area contributed by atoms with Crippen molar-refractivity contribution in [2.45, 2.75) is 6.54 Å². The summed E-state index contributed by atoms with van der Waals surface area (Å²) in [5.74, 6) is 0.302. The number of ether oxygens (including phenoxy) is 1. The van der Waals surface area contributed by atoms with Crippen LogP contribution >= 0.6 is 0 Å². The fourth-order valence-corrected chi connectivity index (χ4v) is 2.34. The second kappa shape index (κ2) is 5.35. The molecule has 102 valence electrons. The van der Waals surface area contributed by atoms with E-state index < -0.39 is 0 Å². The first-order valence-corrected chi connectivity index (χ1v) is 6.52. The first kappa shape index (κ1) is 12.7. The summed E-state index contributed by atoms with van der Waals surface area (Å²) in [6.07, 6.45) is 3.84. The Morgan fingerprint density at radius 1 is 1.15 bits per heavy atom. The summed E-state index contributed by atoms with van der Waals surface area (Å²) >= 11 is 0. The van der Waals surface area contributed by atoms with Crippen LogP contribution in [-0.2, 0) is 11.3 Å². The number of phenolic OH excluding ortho intramolecular Hbond substituents is 1. The monoisotopic (exact) mass is 268 g/mol. The summed E-state index contributed by atoms with van der Waals surface area (Å²) in [5, 5.41) is 16.1. The molecule has 0 amide bonds. The van der Waals surface area contributed by atoms with Crippen LogP contribution in [0.4, 0.5) is 0 Å². The average Bonchev–Trinajstić information content (AvgIpc) is 2.94. The molecule has 1 heterocycles. The normalized spacial score (nSPS) is 11.1. The molecule has 1 aromatic heterocycles. The van der Waals surface area contributed by atoms with Gasteiger partial charge in [0.15, 0.2) is 0 Å². The third kappa shape index (κ3) is 2.26. The van der Waals surface area contributed by atoms with Crippen molar-refractivity contribution in [1.29, 1.82) is 0 Å². The first-order chi connectivity index (χ1) is 9.79. The fourth-order valence-electron chi connectivity index (χ4n) is 2.34. The van der Waals surface area contributed by atoms with Gasteiger partial charge in [-0.1, -0.05) is 24.3 Å². The Bertz CT molecular complexity index is 734. The minimum atomic E-state index is 0.302. The number of nitrogens with zero attached hydrogens (tertiary/aromatic N) is 2. The van der Waals surface area contributed by atoms with Crippen molar-refractivity contribution >= 4 is 10.8 Å². The second-order valence-corrected chi connectivity index (χ2v) is 4.66. The molecule has 4 nitrogen and oxygen atoms in total. The Kier molecular flexibility index (Phi) is 3.39. The Balaban J connectivity index is 2.06. The van der Waals surface area contributed by atoms with E-state index in [-0.39, 0.29) is 0 Å². The molecule has 2 aromatic carbocycles. The SMILES string of the molecule is COCCn1cc(-c2ccc(O)c3ccccc23)cn1. The molecule has 20 heavy (non-hydrogen) atoms. The van der Waals surface area contributed by atoms with Gasteiger partial charge in [0.05, 0.1) is 19.3 Å². The van der Waals surface area contributed by atoms with Gasteiger partial charge in [-0.2, -0.15) is 5.10 Å². The lowest BCUT2D eigenvalue weighted by atomic mass is 10.00. The second-order valence-electron chi connectivity index (χ2n) is 4.66. The van der Waals surface area contributed by atoms with Crippen molar-refractivity contribution in [2.24, 2.45) is 0 Å². The molecule has 3 aromatic rings. The molecule has 0 unspecified atom stereocenters. The van der Waals surface area contributed by atoms with Crippen LogP contribution in [0.25, 0.3) is 21.9 Å². The number of hydrogen-bond donors (Lipinski definition) is 1. The molecule has 0 bridgehead atoms. The highest BCUT2D eigenvalue weighted by Gasteiger charge is 2.08. The minimum Gasteiger partial charge on any atom is -0.507 e. The minimum absolute atomic E-state index is 0.302. The Labute approximate surface area is 117 Å². The van der Waals surface area contributed by atoms with Gasteiger partial charge >= 0.3 is 0 Å². The van der Waals surface area contributed by atoms with Crippen LogP contribution in [0.5, 0.6) is 5.75 Å². The van der Waals surface area contributed by atoms with Gasteiger partial charge in [0.1, 0.15) is 5.75 Å². The Hall–Kier alpha value is -2.33. The van der Waals surface area contributed by atoms with Crippen molar-refractivity contribution in [3.05, 3.63) is 48.8 Å². The van der Waals surface area contributed by atoms with E-state index in [1.807, 2.05) is 47.4 Å². The topological polar surface area (TPSA) is 47.3 Å². The van der Waals surface area contributed by atoms with E-state index in [1.165, 1.54) is 0 Å². The summed E-state index contributed by atoms with van der Waals surface area (Å²) in [6.45, 7) is 1.37. The molecule has 0 saturated heterocycles. The number of aromatic nitrogens is 2. The van der Waals surface area contributed by atoms with Crippen molar-refractivity contribution in [2.75, 3.05) is 13.7 Å². The molecule has 4 heteroatoms. The first-order valence-electron chi connectivity index (χ1n) is 6.52. The van der Waals surface area contributed by atoms with E-state index in [0.29, 0.717) is 12.4 Å². The quantitative estimate of drug-likeness (QED) is 0.791. The van der Waals surface area contributed by atoms with Crippen LogP contribution in [0.15, 0.2) is 48.8 Å². The lowest BCUT2D eigenvalue weighted by Crippen LogP contribution is -2.03. The number of aromatic hydroxyl groups is 1. The van der Waals surface area contributed by atoms with Gasteiger partial charge in [-0.15, -0.1) is 0 Å². The summed E-state index contributed by atoms with van der Waals surface area (Å²) in [5.41, 5.74) is 2.11. The van der Waals surface area contributed by atoms with E-state index in [4.69, 9.17) is 4.74 Å². The van der Waals surface area contributed by atoms with Gasteiger partial charge < -0.3 is 9.84 Å². The largest absolute Gasteiger partial charge is 0.507 e. The predicted octanol–water partition coefficient (Wildman–Crippen LogP) is 3.06. The third-order valence-electron chi connectivity index (χ3n) is 3.37. The van der Waals surface area contributed by atoms with Crippen molar-refractivity contribution in [3.8, 4) is 16.9 Å². The van der Waals surface area contributed by atoms with Gasteiger partial charge in [-0.3, -0.25) is 4.68 Å². The van der Waals surface area contributed by atoms with E-state index >= 15 is 0 Å². The van der Waals surface area contributed by atoms with Crippen LogP contribution < -0.4 is 0 Å². The lowest BCUT2D eigenvalue weighted by Gasteiger charge is -2.06. The average molecular weight is 268 g/mol. The van der Waals surface area contributed by atoms with Crippen LogP contribution in [0, 0.1) is 0 Å². The number of phenols is 1. The van der Waals surface area contributed by atoms with Crippen LogP contribution in [0.3, 0.4) is 0 Å². The predicted molar refractivity (Wildman–Crippen MR) is 78.7 cm³/mol. The molecule has 0 aliphatic heterocycles. The maximum absolute atomic E-state index is 9.93. The summed E-state index contributed by atoms with van der Waals surface area (Å²) < 4.78 is 6.91. The molecule has 0 atom stereocenters. The van der Waals surface area contributed by atoms with Gasteiger partial charge in [0.25, 0.3) is 0 Å². The summed E-state index contributed by atoms with van der Waals surface area (Å²) in [4.78, 5) is 0. The zero-order chi connectivity index (χ0) is 13.9. The highest BCUT2D eigenvalue weighted by Crippen LogP contribution is 2.33. The zero-order valence-electron chi connectivity index (χ0n) is 11.3. The Morgan fingerprint density at radius 2 is 1.95 bits per heavy atom. The van der Waals surface area contributed by atoms with Crippen LogP contribution in [0.2, 0.25) is 0 Å². The molecule has 0 radical (unpaired) electrons. The number of benzene rings is 2. The molecule has 1 N–H and O–H groups in total. The molecular weight excluding hydrogens is 252 g/mol. The molecule has 0 saturated carbocycles. The molecule has 3 rings (SSSR count). The Morgan fingerprint density at radius 3 is 2.75 bits per heavy atom. The molecule has 0 aliphatic carbocycles. The lowest BCUT2D eigenvalue weighted by molar-refractivity contribution is 0.183. The van der Waals surface area contributed by atoms with Crippen molar-refractivity contribution < 1.29 is 9.84 Å². The highest BCUT2D eigenvalue weighted by molar-refractivity contribution is 5.99. The highest BCUT2D eigenvalue weighted by atomic mass is 16.5. The van der Waals surface area contributed by atoms with E-state index in [1.54, 1.807) is 13.2 Å². The summed E-state index contributed by atoms with van der Waals surface area (Å²) in [6, 6.07) is 11.5.